The maximum Gasteiger partial charge on any atom is 0.0426 e. The van der Waals surface area contributed by atoms with Crippen molar-refractivity contribution in [2.45, 2.75) is 40.3 Å². The first kappa shape index (κ1) is 15.2. The van der Waals surface area contributed by atoms with Gasteiger partial charge in [0.1, 0.15) is 0 Å². The Bertz CT molecular complexity index is 585. The second-order valence-electron chi connectivity index (χ2n) is 5.27. The van der Waals surface area contributed by atoms with Gasteiger partial charge in [-0.25, -0.2) is 0 Å². The molecular weight excluding hydrogens is 312 g/mol. The average molecular weight is 333 g/mol. The maximum atomic E-state index is 4.58. The van der Waals surface area contributed by atoms with Crippen LogP contribution in [-0.2, 0) is 6.54 Å². The van der Waals surface area contributed by atoms with Crippen LogP contribution in [-0.4, -0.2) is 4.98 Å². The fourth-order valence-corrected chi connectivity index (χ4v) is 3.12. The number of nitrogens with one attached hydrogen (secondary N) is 1. The molecule has 2 rings (SSSR count). The smallest absolute Gasteiger partial charge is 0.0426 e. The lowest BCUT2D eigenvalue weighted by molar-refractivity contribution is 0.566. The Kier molecular flexibility index (Phi) is 4.95. The lowest BCUT2D eigenvalue weighted by atomic mass is 10.00. The molecule has 0 aliphatic heterocycles. The van der Waals surface area contributed by atoms with Crippen LogP contribution < -0.4 is 5.32 Å². The lowest BCUT2D eigenvalue weighted by Gasteiger charge is -2.19. The van der Waals surface area contributed by atoms with Crippen LogP contribution in [0.2, 0.25) is 0 Å². The van der Waals surface area contributed by atoms with Gasteiger partial charge in [-0.3, -0.25) is 4.98 Å². The molecule has 1 unspecified atom stereocenters. The fourth-order valence-electron chi connectivity index (χ4n) is 2.70. The first-order chi connectivity index (χ1) is 9.49. The molecule has 2 aromatic rings. The highest BCUT2D eigenvalue weighted by molar-refractivity contribution is 9.10. The van der Waals surface area contributed by atoms with Gasteiger partial charge in [0, 0.05) is 28.4 Å². The van der Waals surface area contributed by atoms with Gasteiger partial charge < -0.3 is 5.32 Å². The Morgan fingerprint density at radius 3 is 2.55 bits per heavy atom. The van der Waals surface area contributed by atoms with E-state index in [1.165, 1.54) is 16.7 Å². The number of benzene rings is 1. The summed E-state index contributed by atoms with van der Waals surface area (Å²) in [4.78, 5) is 4.58. The molecule has 0 bridgehead atoms. The van der Waals surface area contributed by atoms with Gasteiger partial charge in [0.05, 0.1) is 0 Å². The first-order valence-corrected chi connectivity index (χ1v) is 7.70. The number of aryl methyl sites for hydroxylation is 3. The van der Waals surface area contributed by atoms with Gasteiger partial charge >= 0.3 is 0 Å². The van der Waals surface area contributed by atoms with Crippen molar-refractivity contribution < 1.29 is 0 Å². The SMILES string of the molecule is Cc1cc(C)c(C(C)NCc2ccccc2Br)c(C)n1. The van der Waals surface area contributed by atoms with E-state index >= 15 is 0 Å². The predicted molar refractivity (Wildman–Crippen MR) is 87.8 cm³/mol. The molecule has 0 aliphatic carbocycles. The van der Waals surface area contributed by atoms with E-state index in [9.17, 15) is 0 Å². The normalized spacial score (nSPS) is 12.4. The summed E-state index contributed by atoms with van der Waals surface area (Å²) in [6.07, 6.45) is 0. The van der Waals surface area contributed by atoms with Gasteiger partial charge in [0.2, 0.25) is 0 Å². The van der Waals surface area contributed by atoms with Gasteiger partial charge in [-0.2, -0.15) is 0 Å². The van der Waals surface area contributed by atoms with Crippen LogP contribution in [0, 0.1) is 20.8 Å². The van der Waals surface area contributed by atoms with Crippen molar-refractivity contribution in [3.05, 3.63) is 62.9 Å². The molecule has 0 radical (unpaired) electrons. The van der Waals surface area contributed by atoms with Crippen molar-refractivity contribution >= 4 is 15.9 Å². The van der Waals surface area contributed by atoms with Crippen LogP contribution >= 0.6 is 15.9 Å². The van der Waals surface area contributed by atoms with Crippen LogP contribution in [0.25, 0.3) is 0 Å². The number of hydrogen-bond donors (Lipinski definition) is 1. The summed E-state index contributed by atoms with van der Waals surface area (Å²) in [6.45, 7) is 9.33. The number of nitrogens with zero attached hydrogens (tertiary/aromatic N) is 1. The van der Waals surface area contributed by atoms with Crippen LogP contribution in [0.5, 0.6) is 0 Å². The second-order valence-corrected chi connectivity index (χ2v) is 6.13. The summed E-state index contributed by atoms with van der Waals surface area (Å²) in [5, 5.41) is 3.59. The van der Waals surface area contributed by atoms with E-state index in [2.05, 4.69) is 71.3 Å². The molecule has 1 atom stereocenters. The maximum absolute atomic E-state index is 4.58. The molecule has 106 valence electrons. The third kappa shape index (κ3) is 3.47. The predicted octanol–water partition coefficient (Wildman–Crippen LogP) is 4.62. The Morgan fingerprint density at radius 2 is 1.90 bits per heavy atom. The topological polar surface area (TPSA) is 24.9 Å². The molecule has 20 heavy (non-hydrogen) atoms. The van der Waals surface area contributed by atoms with Gasteiger partial charge in [0.15, 0.2) is 0 Å². The van der Waals surface area contributed by atoms with Crippen LogP contribution in [0.3, 0.4) is 0 Å². The minimum Gasteiger partial charge on any atom is -0.306 e. The number of pyridine rings is 1. The summed E-state index contributed by atoms with van der Waals surface area (Å²) in [7, 11) is 0. The molecule has 2 nitrogen and oxygen atoms in total. The van der Waals surface area contributed by atoms with Crippen LogP contribution in [0.4, 0.5) is 0 Å². The van der Waals surface area contributed by atoms with Gasteiger partial charge in [-0.05, 0) is 56.5 Å². The highest BCUT2D eigenvalue weighted by Crippen LogP contribution is 2.22. The molecule has 1 N–H and O–H groups in total. The quantitative estimate of drug-likeness (QED) is 0.883. The minimum absolute atomic E-state index is 0.287. The molecule has 0 aliphatic rings. The summed E-state index contributed by atoms with van der Waals surface area (Å²) >= 11 is 3.59. The molecule has 1 aromatic heterocycles. The van der Waals surface area contributed by atoms with Crippen molar-refractivity contribution in [2.24, 2.45) is 0 Å². The van der Waals surface area contributed by atoms with E-state index in [1.807, 2.05) is 13.0 Å². The third-order valence-corrected chi connectivity index (χ3v) is 4.35. The Labute approximate surface area is 129 Å². The molecule has 0 saturated heterocycles. The zero-order chi connectivity index (χ0) is 14.7. The van der Waals surface area contributed by atoms with Crippen LogP contribution in [0.1, 0.15) is 41.0 Å². The Balaban J connectivity index is 2.13. The Hall–Kier alpha value is -1.19. The molecule has 0 amide bonds. The van der Waals surface area contributed by atoms with E-state index in [0.29, 0.717) is 0 Å². The van der Waals surface area contributed by atoms with Crippen molar-refractivity contribution in [3.8, 4) is 0 Å². The van der Waals surface area contributed by atoms with E-state index < -0.39 is 0 Å². The largest absolute Gasteiger partial charge is 0.306 e. The molecule has 1 aromatic carbocycles. The van der Waals surface area contributed by atoms with Gasteiger partial charge in [-0.1, -0.05) is 34.1 Å². The summed E-state index contributed by atoms with van der Waals surface area (Å²) in [6, 6.07) is 10.8. The summed E-state index contributed by atoms with van der Waals surface area (Å²) in [5.74, 6) is 0. The van der Waals surface area contributed by atoms with Crippen molar-refractivity contribution in [1.29, 1.82) is 0 Å². The molecule has 3 heteroatoms. The molecule has 1 heterocycles. The minimum atomic E-state index is 0.287. The molecule has 0 spiro atoms. The monoisotopic (exact) mass is 332 g/mol. The Morgan fingerprint density at radius 1 is 1.20 bits per heavy atom. The molecule has 0 fully saturated rings. The molecular formula is C17H21BrN2. The van der Waals surface area contributed by atoms with E-state index in [0.717, 1.165) is 22.4 Å². The van der Waals surface area contributed by atoms with E-state index in [-0.39, 0.29) is 6.04 Å². The van der Waals surface area contributed by atoms with E-state index in [1.54, 1.807) is 0 Å². The van der Waals surface area contributed by atoms with E-state index in [4.69, 9.17) is 0 Å². The van der Waals surface area contributed by atoms with Crippen molar-refractivity contribution in [3.63, 3.8) is 0 Å². The lowest BCUT2D eigenvalue weighted by Crippen LogP contribution is -2.20. The zero-order valence-corrected chi connectivity index (χ0v) is 14.1. The first-order valence-electron chi connectivity index (χ1n) is 6.90. The highest BCUT2D eigenvalue weighted by atomic mass is 79.9. The second kappa shape index (κ2) is 6.51. The van der Waals surface area contributed by atoms with Gasteiger partial charge in [0.25, 0.3) is 0 Å². The standard InChI is InChI=1S/C17H21BrN2/c1-11-9-12(2)20-14(4)17(11)13(3)19-10-15-7-5-6-8-16(15)18/h5-9,13,19H,10H2,1-4H3. The number of hydrogen-bond acceptors (Lipinski definition) is 2. The summed E-state index contributed by atoms with van der Waals surface area (Å²) in [5.41, 5.74) is 6.09. The van der Waals surface area contributed by atoms with Crippen molar-refractivity contribution in [1.82, 2.24) is 10.3 Å². The fraction of sp³-hybridized carbons (Fsp3) is 0.353. The number of rotatable bonds is 4. The number of halogens is 1. The molecule has 0 saturated carbocycles. The number of aromatic nitrogens is 1. The summed E-state index contributed by atoms with van der Waals surface area (Å²) < 4.78 is 1.15. The third-order valence-electron chi connectivity index (χ3n) is 3.57. The van der Waals surface area contributed by atoms with Crippen molar-refractivity contribution in [2.75, 3.05) is 0 Å². The van der Waals surface area contributed by atoms with Crippen LogP contribution in [0.15, 0.2) is 34.8 Å². The highest BCUT2D eigenvalue weighted by Gasteiger charge is 2.13. The zero-order valence-electron chi connectivity index (χ0n) is 12.5. The van der Waals surface area contributed by atoms with Gasteiger partial charge in [-0.15, -0.1) is 0 Å². The average Bonchev–Trinajstić information content (AvgIpc) is 2.36.